The number of hydrogen-bond donors (Lipinski definition) is 4. The number of nitrogens with two attached hydrogens (primary N) is 2. The van der Waals surface area contributed by atoms with Crippen LogP contribution in [0.25, 0.3) is 0 Å². The molecule has 1 unspecified atom stereocenters. The molecule has 0 radical (unpaired) electrons. The number of aromatic nitrogens is 1. The predicted octanol–water partition coefficient (Wildman–Crippen LogP) is 3.04. The van der Waals surface area contributed by atoms with E-state index in [1.165, 1.54) is 35.5 Å². The van der Waals surface area contributed by atoms with Gasteiger partial charge in [-0.3, -0.25) is 14.4 Å². The fourth-order valence-electron chi connectivity index (χ4n) is 4.30. The van der Waals surface area contributed by atoms with Gasteiger partial charge in [0.15, 0.2) is 17.2 Å². The number of hydrogen-bond acceptors (Lipinski definition) is 9. The monoisotopic (exact) mass is 529 g/mol. The largest absolute Gasteiger partial charge is 0.504 e. The number of methoxy groups -OCH3 is 1. The lowest BCUT2D eigenvalue weighted by molar-refractivity contribution is -0.126. The lowest BCUT2D eigenvalue weighted by Crippen LogP contribution is -2.45. The maximum absolute atomic E-state index is 13.9. The van der Waals surface area contributed by atoms with E-state index in [1.54, 1.807) is 6.07 Å². The van der Waals surface area contributed by atoms with Crippen LogP contribution in [-0.2, 0) is 11.3 Å². The second-order valence-electron chi connectivity index (χ2n) is 8.47. The number of carbonyl (C=O) groups is 3. The molecule has 1 atom stereocenters. The molecule has 190 valence electrons. The van der Waals surface area contributed by atoms with Gasteiger partial charge in [-0.2, -0.15) is 4.37 Å². The Morgan fingerprint density at radius 1 is 1.28 bits per heavy atom. The summed E-state index contributed by atoms with van der Waals surface area (Å²) in [6, 6.07) is 7.18. The number of rotatable bonds is 9. The van der Waals surface area contributed by atoms with E-state index < -0.39 is 17.9 Å². The van der Waals surface area contributed by atoms with E-state index >= 15 is 0 Å². The topological polar surface area (TPSA) is 161 Å². The van der Waals surface area contributed by atoms with E-state index in [9.17, 15) is 19.5 Å². The van der Waals surface area contributed by atoms with Gasteiger partial charge in [0.25, 0.3) is 11.8 Å². The highest BCUT2D eigenvalue weighted by Crippen LogP contribution is 2.35. The number of primary amides is 1. The Kier molecular flexibility index (Phi) is 7.75. The van der Waals surface area contributed by atoms with Gasteiger partial charge < -0.3 is 31.5 Å². The number of benzene rings is 1. The number of phenolic OH excluding ortho intramolecular Hbond substituents is 1. The molecule has 1 aliphatic carbocycles. The zero-order chi connectivity index (χ0) is 25.8. The van der Waals surface area contributed by atoms with Crippen molar-refractivity contribution >= 4 is 46.3 Å². The highest BCUT2D eigenvalue weighted by Gasteiger charge is 2.36. The molecule has 1 fully saturated rings. The van der Waals surface area contributed by atoms with Gasteiger partial charge in [-0.05, 0) is 53.5 Å². The number of aromatic hydroxyl groups is 1. The van der Waals surface area contributed by atoms with Crippen LogP contribution in [0.4, 0.5) is 5.69 Å². The third kappa shape index (κ3) is 5.29. The van der Waals surface area contributed by atoms with Gasteiger partial charge in [0.2, 0.25) is 5.91 Å². The number of anilines is 1. The molecule has 2 heterocycles. The van der Waals surface area contributed by atoms with Gasteiger partial charge in [0.05, 0.1) is 19.3 Å². The molecule has 10 nitrogen and oxygen atoms in total. The van der Waals surface area contributed by atoms with Crippen molar-refractivity contribution in [3.8, 4) is 11.5 Å². The van der Waals surface area contributed by atoms with Gasteiger partial charge in [-0.15, -0.1) is 11.3 Å². The molecule has 1 aromatic carbocycles. The minimum absolute atomic E-state index is 0.00707. The molecule has 1 saturated carbocycles. The van der Waals surface area contributed by atoms with Crippen molar-refractivity contribution in [1.29, 1.82) is 0 Å². The SMILES string of the molecule is COc1cc(C(C(=O)NC2CCCC2)N(Cc2cccs2)C(=O)c2snc(C(N)=O)c2N)ccc1O. The molecule has 4 rings (SSSR count). The van der Waals surface area contributed by atoms with E-state index in [2.05, 4.69) is 9.69 Å². The summed E-state index contributed by atoms with van der Waals surface area (Å²) in [6.07, 6.45) is 3.77. The Bertz CT molecular complexity index is 1250. The predicted molar refractivity (Wildman–Crippen MR) is 137 cm³/mol. The summed E-state index contributed by atoms with van der Waals surface area (Å²) < 4.78 is 9.22. The summed E-state index contributed by atoms with van der Waals surface area (Å²) >= 11 is 2.20. The van der Waals surface area contributed by atoms with Crippen LogP contribution in [0.3, 0.4) is 0 Å². The number of nitrogen functional groups attached to an aromatic ring is 1. The first-order chi connectivity index (χ1) is 17.3. The third-order valence-electron chi connectivity index (χ3n) is 6.10. The van der Waals surface area contributed by atoms with Crippen LogP contribution < -0.4 is 21.5 Å². The smallest absolute Gasteiger partial charge is 0.270 e. The summed E-state index contributed by atoms with van der Waals surface area (Å²) in [4.78, 5) is 41.6. The molecule has 1 aliphatic rings. The van der Waals surface area contributed by atoms with Crippen LogP contribution in [0.5, 0.6) is 11.5 Å². The Morgan fingerprint density at radius 3 is 2.64 bits per heavy atom. The third-order valence-corrected chi connectivity index (χ3v) is 7.82. The van der Waals surface area contributed by atoms with E-state index in [0.717, 1.165) is 42.1 Å². The maximum atomic E-state index is 13.9. The summed E-state index contributed by atoms with van der Waals surface area (Å²) in [5.41, 5.74) is 11.6. The number of nitrogens with zero attached hydrogens (tertiary/aromatic N) is 2. The Hall–Kier alpha value is -3.64. The van der Waals surface area contributed by atoms with Crippen LogP contribution in [0.15, 0.2) is 35.7 Å². The number of amides is 3. The molecule has 36 heavy (non-hydrogen) atoms. The summed E-state index contributed by atoms with van der Waals surface area (Å²) in [7, 11) is 1.41. The van der Waals surface area contributed by atoms with Crippen molar-refractivity contribution in [3.05, 3.63) is 56.7 Å². The minimum Gasteiger partial charge on any atom is -0.504 e. The quantitative estimate of drug-likeness (QED) is 0.331. The highest BCUT2D eigenvalue weighted by molar-refractivity contribution is 7.10. The normalized spacial score (nSPS) is 14.4. The average molecular weight is 530 g/mol. The summed E-state index contributed by atoms with van der Waals surface area (Å²) in [6.45, 7) is 0.103. The second-order valence-corrected chi connectivity index (χ2v) is 10.3. The van der Waals surface area contributed by atoms with Crippen LogP contribution in [0.2, 0.25) is 0 Å². The molecule has 3 amide bonds. The van der Waals surface area contributed by atoms with E-state index in [4.69, 9.17) is 16.2 Å². The maximum Gasteiger partial charge on any atom is 0.270 e. The number of ether oxygens (including phenoxy) is 1. The molecule has 12 heteroatoms. The van der Waals surface area contributed by atoms with Crippen LogP contribution in [0, 0.1) is 0 Å². The van der Waals surface area contributed by atoms with E-state index in [-0.39, 0.29) is 46.3 Å². The molecule has 3 aromatic rings. The number of phenols is 1. The number of carbonyl (C=O) groups excluding carboxylic acids is 3. The van der Waals surface area contributed by atoms with Crippen molar-refractivity contribution in [2.75, 3.05) is 12.8 Å². The first kappa shape index (κ1) is 25.5. The highest BCUT2D eigenvalue weighted by atomic mass is 32.1. The van der Waals surface area contributed by atoms with Gasteiger partial charge in [-0.25, -0.2) is 0 Å². The number of nitrogens with one attached hydrogen (secondary N) is 1. The zero-order valence-electron chi connectivity index (χ0n) is 19.6. The van der Waals surface area contributed by atoms with Crippen molar-refractivity contribution in [2.24, 2.45) is 5.73 Å². The van der Waals surface area contributed by atoms with Crippen LogP contribution in [-0.4, -0.2) is 45.3 Å². The fourth-order valence-corrected chi connectivity index (χ4v) is 5.76. The first-order valence-electron chi connectivity index (χ1n) is 11.4. The van der Waals surface area contributed by atoms with Crippen molar-refractivity contribution < 1.29 is 24.2 Å². The standard InChI is InChI=1S/C24H27N5O5S2/c1-34-17-11-13(8-9-16(17)30)20(23(32)27-14-5-2-3-6-14)29(12-15-7-4-10-35-15)24(33)21-18(25)19(22(26)31)28-36-21/h4,7-11,14,20,30H,2-3,5-6,12,25H2,1H3,(H2,26,31)(H,27,32). The summed E-state index contributed by atoms with van der Waals surface area (Å²) in [5, 5.41) is 15.1. The van der Waals surface area contributed by atoms with Gasteiger partial charge in [0.1, 0.15) is 10.9 Å². The molecule has 0 bridgehead atoms. The molecule has 2 aromatic heterocycles. The Labute approximate surface area is 216 Å². The zero-order valence-corrected chi connectivity index (χ0v) is 21.2. The van der Waals surface area contributed by atoms with E-state index in [0.29, 0.717) is 5.56 Å². The molecular formula is C24H27N5O5S2. The lowest BCUT2D eigenvalue weighted by atomic mass is 10.0. The van der Waals surface area contributed by atoms with Crippen molar-refractivity contribution in [1.82, 2.24) is 14.6 Å². The molecule has 0 aliphatic heterocycles. The Morgan fingerprint density at radius 2 is 2.03 bits per heavy atom. The van der Waals surface area contributed by atoms with Gasteiger partial charge in [0, 0.05) is 10.9 Å². The van der Waals surface area contributed by atoms with Crippen molar-refractivity contribution in [3.63, 3.8) is 0 Å². The molecular weight excluding hydrogens is 502 g/mol. The van der Waals surface area contributed by atoms with Gasteiger partial charge >= 0.3 is 0 Å². The minimum atomic E-state index is -1.08. The average Bonchev–Trinajstić information content (AvgIpc) is 3.62. The van der Waals surface area contributed by atoms with Crippen molar-refractivity contribution in [2.45, 2.75) is 44.3 Å². The lowest BCUT2D eigenvalue weighted by Gasteiger charge is -2.32. The molecule has 0 spiro atoms. The molecule has 0 saturated heterocycles. The van der Waals surface area contributed by atoms with Crippen LogP contribution >= 0.6 is 22.9 Å². The summed E-state index contributed by atoms with van der Waals surface area (Å²) in [5.74, 6) is -1.69. The van der Waals surface area contributed by atoms with Crippen LogP contribution in [0.1, 0.15) is 62.3 Å². The Balaban J connectivity index is 1.81. The van der Waals surface area contributed by atoms with Gasteiger partial charge in [-0.1, -0.05) is 25.0 Å². The molecule has 6 N–H and O–H groups in total. The number of thiophene rings is 1. The fraction of sp³-hybridized carbons (Fsp3) is 0.333. The second kappa shape index (κ2) is 11.0. The first-order valence-corrected chi connectivity index (χ1v) is 13.0. The van der Waals surface area contributed by atoms with E-state index in [1.807, 2.05) is 17.5 Å².